The number of nitrogens with one attached hydrogen (secondary N) is 1. The molecule has 14 atom stereocenters. The lowest BCUT2D eigenvalue weighted by atomic mass is 9.66. The number of morpholine rings is 2. The highest BCUT2D eigenvalue weighted by Crippen LogP contribution is 2.48. The molecule has 3 saturated heterocycles. The van der Waals surface area contributed by atoms with Crippen molar-refractivity contribution in [2.24, 2.45) is 17.4 Å². The van der Waals surface area contributed by atoms with E-state index in [1.165, 1.54) is 6.20 Å². The minimum Gasteiger partial charge on any atom is -0.478 e. The molecule has 13 unspecified atom stereocenters. The summed E-state index contributed by atoms with van der Waals surface area (Å²) in [7, 11) is 0. The van der Waals surface area contributed by atoms with E-state index < -0.39 is 59.7 Å². The summed E-state index contributed by atoms with van der Waals surface area (Å²) in [5.41, 5.74) is 12.2. The predicted molar refractivity (Wildman–Crippen MR) is 136 cm³/mol. The highest BCUT2D eigenvalue weighted by molar-refractivity contribution is 6.18. The van der Waals surface area contributed by atoms with Gasteiger partial charge in [-0.3, -0.25) is 19.8 Å². The average Bonchev–Trinajstić information content (AvgIpc) is 3.34. The molecule has 7 rings (SSSR count). The number of carbonyl (C=O) groups excluding carboxylic acids is 1. The van der Waals surface area contributed by atoms with Crippen LogP contribution in [0.5, 0.6) is 0 Å². The Morgan fingerprint density at radius 3 is 2.58 bits per heavy atom. The zero-order valence-corrected chi connectivity index (χ0v) is 22.1. The summed E-state index contributed by atoms with van der Waals surface area (Å²) >= 11 is 0. The van der Waals surface area contributed by atoms with Crippen LogP contribution in [0.4, 0.5) is 4.39 Å². The number of nitro groups is 1. The molecule has 0 aromatic heterocycles. The number of carboxylic acid groups (broad SMARTS) is 1. The molecule has 3 saturated carbocycles. The zero-order chi connectivity index (χ0) is 28.0. The minimum absolute atomic E-state index is 0.0163. The highest BCUT2D eigenvalue weighted by Gasteiger charge is 2.64. The maximum absolute atomic E-state index is 16.1. The van der Waals surface area contributed by atoms with Crippen molar-refractivity contribution in [2.45, 2.75) is 117 Å². The monoisotopic (exact) mass is 564 g/mol. The van der Waals surface area contributed by atoms with Gasteiger partial charge in [-0.05, 0) is 25.7 Å². The number of carboxylic acids is 1. The van der Waals surface area contributed by atoms with E-state index >= 15 is 4.39 Å². The second-order valence-corrected chi connectivity index (χ2v) is 12.8. The number of aliphatic carboxylic acids is 1. The number of ketones is 1. The predicted octanol–water partition coefficient (Wildman–Crippen LogP) is -1.24. The summed E-state index contributed by atoms with van der Waals surface area (Å²) in [5.74, 6) is -3.08. The maximum Gasteiger partial charge on any atom is 0.340 e. The first-order chi connectivity index (χ1) is 19.1. The van der Waals surface area contributed by atoms with Crippen molar-refractivity contribution < 1.29 is 33.5 Å². The number of rotatable bonds is 3. The molecule has 0 spiro atoms. The van der Waals surface area contributed by atoms with Crippen molar-refractivity contribution in [1.29, 1.82) is 0 Å². The SMILES string of the molecule is NC1C(F)C(N2CC[C@H](N)C2)C2OC3CC4NC5CCC([N+](=O)[O-])CC5OC4CC3N3C=C(C(=O)O)C(=O)C1C23. The van der Waals surface area contributed by atoms with E-state index in [0.717, 1.165) is 6.42 Å². The number of nitrogens with zero attached hydrogens (tertiary/aromatic N) is 3. The van der Waals surface area contributed by atoms with Crippen LogP contribution in [0.15, 0.2) is 11.8 Å². The molecule has 6 N–H and O–H groups in total. The van der Waals surface area contributed by atoms with E-state index in [9.17, 15) is 24.8 Å². The second kappa shape index (κ2) is 9.66. The van der Waals surface area contributed by atoms with Gasteiger partial charge in [-0.1, -0.05) is 0 Å². The Kier molecular flexibility index (Phi) is 6.44. The van der Waals surface area contributed by atoms with Crippen LogP contribution in [0.1, 0.15) is 38.5 Å². The number of ether oxygens (including phenoxy) is 2. The molecule has 0 bridgehead atoms. The van der Waals surface area contributed by atoms with Crippen molar-refractivity contribution in [3.05, 3.63) is 21.9 Å². The number of hydrogen-bond acceptors (Lipinski definition) is 11. The maximum atomic E-state index is 16.1. The first kappa shape index (κ1) is 26.7. The minimum atomic E-state index is -1.59. The normalized spacial score (nSPS) is 50.2. The van der Waals surface area contributed by atoms with E-state index in [2.05, 4.69) is 5.32 Å². The first-order valence-corrected chi connectivity index (χ1v) is 14.5. The largest absolute Gasteiger partial charge is 0.478 e. The fraction of sp³-hybridized carbons (Fsp3) is 0.846. The van der Waals surface area contributed by atoms with E-state index in [-0.39, 0.29) is 47.4 Å². The van der Waals surface area contributed by atoms with Crippen molar-refractivity contribution in [1.82, 2.24) is 15.1 Å². The molecule has 0 amide bonds. The summed E-state index contributed by atoms with van der Waals surface area (Å²) < 4.78 is 29.4. The fourth-order valence-corrected chi connectivity index (χ4v) is 8.78. The van der Waals surface area contributed by atoms with Gasteiger partial charge in [0, 0.05) is 61.2 Å². The summed E-state index contributed by atoms with van der Waals surface area (Å²) in [6.07, 6.45) is 1.51. The Bertz CT molecular complexity index is 1130. The topological polar surface area (TPSA) is 187 Å². The van der Waals surface area contributed by atoms with E-state index in [1.807, 2.05) is 9.80 Å². The molecule has 4 aliphatic heterocycles. The number of nitrogens with two attached hydrogens (primary N) is 2. The summed E-state index contributed by atoms with van der Waals surface area (Å²) in [5, 5.41) is 25.0. The average molecular weight is 565 g/mol. The fourth-order valence-electron chi connectivity index (χ4n) is 8.78. The zero-order valence-electron chi connectivity index (χ0n) is 22.1. The number of alkyl halides is 1. The van der Waals surface area contributed by atoms with Gasteiger partial charge in [0.2, 0.25) is 6.04 Å². The lowest BCUT2D eigenvalue weighted by Crippen LogP contribution is -2.78. The van der Waals surface area contributed by atoms with Crippen molar-refractivity contribution >= 4 is 11.8 Å². The number of hydrogen-bond donors (Lipinski definition) is 4. The number of fused-ring (bicyclic) bond motifs is 4. The Morgan fingerprint density at radius 1 is 1.10 bits per heavy atom. The third kappa shape index (κ3) is 4.02. The van der Waals surface area contributed by atoms with Crippen LogP contribution in [0.2, 0.25) is 0 Å². The lowest BCUT2D eigenvalue weighted by Gasteiger charge is -2.63. The van der Waals surface area contributed by atoms with E-state index in [1.54, 1.807) is 0 Å². The third-order valence-corrected chi connectivity index (χ3v) is 10.6. The molecule has 14 heteroatoms. The lowest BCUT2D eigenvalue weighted by molar-refractivity contribution is -0.529. The Labute approximate surface area is 230 Å². The van der Waals surface area contributed by atoms with Crippen LogP contribution in [0, 0.1) is 16.0 Å². The van der Waals surface area contributed by atoms with Gasteiger partial charge in [0.05, 0.1) is 48.5 Å². The van der Waals surface area contributed by atoms with Crippen LogP contribution in [-0.2, 0) is 19.1 Å². The molecule has 3 aliphatic carbocycles. The van der Waals surface area contributed by atoms with Gasteiger partial charge in [0.1, 0.15) is 11.7 Å². The van der Waals surface area contributed by atoms with Gasteiger partial charge in [-0.15, -0.1) is 0 Å². The third-order valence-electron chi connectivity index (χ3n) is 10.6. The van der Waals surface area contributed by atoms with E-state index in [0.29, 0.717) is 45.2 Å². The highest BCUT2D eigenvalue weighted by atomic mass is 19.1. The van der Waals surface area contributed by atoms with Gasteiger partial charge >= 0.3 is 5.97 Å². The summed E-state index contributed by atoms with van der Waals surface area (Å²) in [6.45, 7) is 1.10. The molecule has 13 nitrogen and oxygen atoms in total. The molecular weight excluding hydrogens is 527 g/mol. The molecule has 0 radical (unpaired) electrons. The molecule has 4 heterocycles. The first-order valence-electron chi connectivity index (χ1n) is 14.5. The Hall–Kier alpha value is -2.23. The van der Waals surface area contributed by atoms with Gasteiger partial charge < -0.3 is 36.3 Å². The van der Waals surface area contributed by atoms with Gasteiger partial charge in [0.25, 0.3) is 0 Å². The smallest absolute Gasteiger partial charge is 0.340 e. The molecule has 6 fully saturated rings. The van der Waals surface area contributed by atoms with Gasteiger partial charge in [-0.2, -0.15) is 0 Å². The van der Waals surface area contributed by atoms with Crippen LogP contribution in [0.25, 0.3) is 0 Å². The number of Topliss-reactive ketones (excluding diaryl/α,β-unsaturated/α-hetero) is 1. The molecule has 0 aromatic rings. The van der Waals surface area contributed by atoms with Crippen LogP contribution < -0.4 is 16.8 Å². The molecular formula is C26H37FN6O7. The molecule has 40 heavy (non-hydrogen) atoms. The van der Waals surface area contributed by atoms with Crippen LogP contribution in [-0.4, -0.2) is 124 Å². The van der Waals surface area contributed by atoms with Gasteiger partial charge in [-0.25, -0.2) is 9.18 Å². The quantitative estimate of drug-likeness (QED) is 0.182. The van der Waals surface area contributed by atoms with Crippen molar-refractivity contribution in [3.63, 3.8) is 0 Å². The molecule has 0 aromatic carbocycles. The van der Waals surface area contributed by atoms with Crippen molar-refractivity contribution in [2.75, 3.05) is 13.1 Å². The van der Waals surface area contributed by atoms with Crippen LogP contribution >= 0.6 is 0 Å². The Balaban J connectivity index is 1.22. The van der Waals surface area contributed by atoms with E-state index in [4.69, 9.17) is 20.9 Å². The molecule has 7 aliphatic rings. The summed E-state index contributed by atoms with van der Waals surface area (Å²) in [6, 6.07) is -3.57. The van der Waals surface area contributed by atoms with Crippen LogP contribution in [0.3, 0.4) is 0 Å². The number of halogens is 1. The summed E-state index contributed by atoms with van der Waals surface area (Å²) in [4.78, 5) is 40.6. The molecule has 220 valence electrons. The standard InChI is InChI=1S/C26H37FN6O7/c27-20-21(29)19-22-25(23(20)31-4-3-10(28)8-31)40-18-6-14-17(7-15(18)32(22)9-12(24(19)34)26(35)36)39-16-5-11(33(37)38)1-2-13(16)30-14/h9-11,13-23,25,30H,1-8,28-29H2,(H,35,36)/t10-,11?,13?,14?,15?,16?,17?,18?,19?,20?,21?,22?,23?,25?/m0/s1. The number of likely N-dealkylation sites (tertiary alicyclic amines) is 1. The second-order valence-electron chi connectivity index (χ2n) is 12.8. The van der Waals surface area contributed by atoms with Crippen molar-refractivity contribution in [3.8, 4) is 0 Å². The Morgan fingerprint density at radius 2 is 1.88 bits per heavy atom. The number of carbonyl (C=O) groups is 2. The van der Waals surface area contributed by atoms with Gasteiger partial charge in [0.15, 0.2) is 5.78 Å².